The van der Waals surface area contributed by atoms with Crippen molar-refractivity contribution in [2.75, 3.05) is 27.2 Å². The van der Waals surface area contributed by atoms with Gasteiger partial charge in [0, 0.05) is 32.0 Å². The van der Waals surface area contributed by atoms with Crippen LogP contribution in [0.5, 0.6) is 0 Å². The Bertz CT molecular complexity index is 522. The standard InChI is InChI=1S/C17H28N4O2/c1-20(2)11-10-15-18-17(23-19-15)13-8-9-16(22)21(12-13)14-6-4-3-5-7-14/h13-14H,3-12H2,1-2H3. The van der Waals surface area contributed by atoms with Crippen LogP contribution in [0, 0.1) is 0 Å². The van der Waals surface area contributed by atoms with E-state index in [0.29, 0.717) is 24.3 Å². The van der Waals surface area contributed by atoms with Gasteiger partial charge in [-0.2, -0.15) is 4.98 Å². The molecule has 1 unspecified atom stereocenters. The molecule has 1 aliphatic heterocycles. The normalized spacial score (nSPS) is 23.7. The highest BCUT2D eigenvalue weighted by Gasteiger charge is 2.34. The van der Waals surface area contributed by atoms with Gasteiger partial charge in [0.2, 0.25) is 11.8 Å². The zero-order chi connectivity index (χ0) is 16.2. The number of carbonyl (C=O) groups is 1. The molecule has 1 saturated heterocycles. The maximum Gasteiger partial charge on any atom is 0.231 e. The van der Waals surface area contributed by atoms with Crippen LogP contribution in [0.25, 0.3) is 0 Å². The molecule has 1 aromatic rings. The van der Waals surface area contributed by atoms with Crippen molar-refractivity contribution in [2.45, 2.75) is 63.3 Å². The molecule has 0 radical (unpaired) electrons. The van der Waals surface area contributed by atoms with Crippen molar-refractivity contribution in [2.24, 2.45) is 0 Å². The molecule has 0 spiro atoms. The Morgan fingerprint density at radius 3 is 2.74 bits per heavy atom. The first-order chi connectivity index (χ1) is 11.1. The molecule has 1 atom stereocenters. The minimum atomic E-state index is 0.204. The van der Waals surface area contributed by atoms with Crippen molar-refractivity contribution in [3.05, 3.63) is 11.7 Å². The Balaban J connectivity index is 1.62. The lowest BCUT2D eigenvalue weighted by Crippen LogP contribution is -2.46. The number of likely N-dealkylation sites (N-methyl/N-ethyl adjacent to an activating group) is 1. The molecule has 3 rings (SSSR count). The minimum absolute atomic E-state index is 0.204. The van der Waals surface area contributed by atoms with Gasteiger partial charge >= 0.3 is 0 Å². The van der Waals surface area contributed by atoms with E-state index in [2.05, 4.69) is 19.9 Å². The van der Waals surface area contributed by atoms with E-state index in [-0.39, 0.29) is 5.92 Å². The Kier molecular flexibility index (Phi) is 5.30. The summed E-state index contributed by atoms with van der Waals surface area (Å²) in [6.07, 6.45) is 8.33. The van der Waals surface area contributed by atoms with Crippen molar-refractivity contribution in [3.8, 4) is 0 Å². The van der Waals surface area contributed by atoms with Gasteiger partial charge in [-0.3, -0.25) is 4.79 Å². The van der Waals surface area contributed by atoms with Gasteiger partial charge in [-0.15, -0.1) is 0 Å². The first kappa shape index (κ1) is 16.4. The molecule has 6 heteroatoms. The minimum Gasteiger partial charge on any atom is -0.339 e. The smallest absolute Gasteiger partial charge is 0.231 e. The lowest BCUT2D eigenvalue weighted by Gasteiger charge is -2.39. The third kappa shape index (κ3) is 4.10. The number of amides is 1. The molecule has 1 aromatic heterocycles. The monoisotopic (exact) mass is 320 g/mol. The molecule has 6 nitrogen and oxygen atoms in total. The van der Waals surface area contributed by atoms with Gasteiger partial charge in [0.25, 0.3) is 0 Å². The summed E-state index contributed by atoms with van der Waals surface area (Å²) in [4.78, 5) is 21.1. The topological polar surface area (TPSA) is 62.5 Å². The molecule has 0 aromatic carbocycles. The Hall–Kier alpha value is -1.43. The van der Waals surface area contributed by atoms with Crippen LogP contribution in [0.3, 0.4) is 0 Å². The van der Waals surface area contributed by atoms with Crippen LogP contribution < -0.4 is 0 Å². The van der Waals surface area contributed by atoms with Gasteiger partial charge in [0.05, 0.1) is 5.92 Å². The van der Waals surface area contributed by atoms with Gasteiger partial charge in [-0.1, -0.05) is 24.4 Å². The summed E-state index contributed by atoms with van der Waals surface area (Å²) >= 11 is 0. The number of likely N-dealkylation sites (tertiary alicyclic amines) is 1. The van der Waals surface area contributed by atoms with Gasteiger partial charge < -0.3 is 14.3 Å². The van der Waals surface area contributed by atoms with Gasteiger partial charge in [-0.05, 0) is 33.4 Å². The second-order valence-electron chi connectivity index (χ2n) is 7.18. The molecule has 2 aliphatic rings. The van der Waals surface area contributed by atoms with E-state index in [1.807, 2.05) is 14.1 Å². The lowest BCUT2D eigenvalue weighted by molar-refractivity contribution is -0.137. The highest BCUT2D eigenvalue weighted by Crippen LogP contribution is 2.31. The average Bonchev–Trinajstić information content (AvgIpc) is 3.03. The maximum atomic E-state index is 12.3. The summed E-state index contributed by atoms with van der Waals surface area (Å²) in [6, 6.07) is 0.426. The summed E-state index contributed by atoms with van der Waals surface area (Å²) < 4.78 is 5.49. The summed E-state index contributed by atoms with van der Waals surface area (Å²) in [7, 11) is 4.07. The maximum absolute atomic E-state index is 12.3. The second-order valence-corrected chi connectivity index (χ2v) is 7.18. The van der Waals surface area contributed by atoms with E-state index < -0.39 is 0 Å². The van der Waals surface area contributed by atoms with Crippen LogP contribution in [-0.2, 0) is 11.2 Å². The highest BCUT2D eigenvalue weighted by molar-refractivity contribution is 5.77. The first-order valence-corrected chi connectivity index (χ1v) is 8.90. The fourth-order valence-corrected chi connectivity index (χ4v) is 3.68. The Labute approximate surface area is 138 Å². The third-order valence-electron chi connectivity index (χ3n) is 5.08. The number of nitrogens with zero attached hydrogens (tertiary/aromatic N) is 4. The molecule has 1 aliphatic carbocycles. The fourth-order valence-electron chi connectivity index (χ4n) is 3.68. The van der Waals surface area contributed by atoms with Crippen LogP contribution in [0.15, 0.2) is 4.52 Å². The summed E-state index contributed by atoms with van der Waals surface area (Å²) in [5, 5.41) is 4.10. The highest BCUT2D eigenvalue weighted by atomic mass is 16.5. The van der Waals surface area contributed by atoms with E-state index >= 15 is 0 Å². The fraction of sp³-hybridized carbons (Fsp3) is 0.824. The van der Waals surface area contributed by atoms with Crippen LogP contribution in [-0.4, -0.2) is 59.1 Å². The molecular formula is C17H28N4O2. The largest absolute Gasteiger partial charge is 0.339 e. The molecular weight excluding hydrogens is 292 g/mol. The van der Waals surface area contributed by atoms with Crippen molar-refractivity contribution in [1.29, 1.82) is 0 Å². The average molecular weight is 320 g/mol. The quantitative estimate of drug-likeness (QED) is 0.832. The van der Waals surface area contributed by atoms with Gasteiger partial charge in [-0.25, -0.2) is 0 Å². The van der Waals surface area contributed by atoms with Crippen molar-refractivity contribution < 1.29 is 9.32 Å². The lowest BCUT2D eigenvalue weighted by atomic mass is 9.90. The molecule has 128 valence electrons. The predicted molar refractivity (Wildman–Crippen MR) is 87.1 cm³/mol. The number of piperidine rings is 1. The van der Waals surface area contributed by atoms with Crippen LogP contribution in [0.1, 0.15) is 62.6 Å². The molecule has 0 N–H and O–H groups in total. The van der Waals surface area contributed by atoms with Crippen molar-refractivity contribution in [1.82, 2.24) is 19.9 Å². The van der Waals surface area contributed by atoms with Gasteiger partial charge in [0.1, 0.15) is 0 Å². The van der Waals surface area contributed by atoms with Crippen LogP contribution >= 0.6 is 0 Å². The number of rotatable bonds is 5. The molecule has 1 saturated carbocycles. The molecule has 2 fully saturated rings. The predicted octanol–water partition coefficient (Wildman–Crippen LogP) is 2.21. The van der Waals surface area contributed by atoms with Crippen molar-refractivity contribution >= 4 is 5.91 Å². The zero-order valence-electron chi connectivity index (χ0n) is 14.3. The van der Waals surface area contributed by atoms with Gasteiger partial charge in [0.15, 0.2) is 5.82 Å². The summed E-state index contributed by atoms with van der Waals surface area (Å²) in [5.41, 5.74) is 0. The van der Waals surface area contributed by atoms with E-state index in [1.165, 1.54) is 19.3 Å². The third-order valence-corrected chi connectivity index (χ3v) is 5.08. The zero-order valence-corrected chi connectivity index (χ0v) is 14.3. The molecule has 1 amide bonds. The first-order valence-electron chi connectivity index (χ1n) is 8.90. The van der Waals surface area contributed by atoms with Crippen LogP contribution in [0.2, 0.25) is 0 Å². The van der Waals surface area contributed by atoms with E-state index in [9.17, 15) is 4.79 Å². The SMILES string of the molecule is CN(C)CCc1noc(C2CCC(=O)N(C3CCCCC3)C2)n1. The Morgan fingerprint density at radius 2 is 2.00 bits per heavy atom. The summed E-state index contributed by atoms with van der Waals surface area (Å²) in [5.74, 6) is 2.00. The van der Waals surface area contributed by atoms with E-state index in [0.717, 1.165) is 44.6 Å². The molecule has 23 heavy (non-hydrogen) atoms. The summed E-state index contributed by atoms with van der Waals surface area (Å²) in [6.45, 7) is 1.66. The van der Waals surface area contributed by atoms with E-state index in [4.69, 9.17) is 4.52 Å². The van der Waals surface area contributed by atoms with Crippen LogP contribution in [0.4, 0.5) is 0 Å². The van der Waals surface area contributed by atoms with Crippen molar-refractivity contribution in [3.63, 3.8) is 0 Å². The molecule has 2 heterocycles. The van der Waals surface area contributed by atoms with E-state index in [1.54, 1.807) is 0 Å². The number of aromatic nitrogens is 2. The second kappa shape index (κ2) is 7.43. The number of hydrogen-bond donors (Lipinski definition) is 0. The number of carbonyl (C=O) groups excluding carboxylic acids is 1. The Morgan fingerprint density at radius 1 is 1.22 bits per heavy atom. The molecule has 0 bridgehead atoms. The number of hydrogen-bond acceptors (Lipinski definition) is 5.